The SMILES string of the molecule is COC(=O)C[C@H]1CC[C@@H](CNC(=O)c2ccc(C)c(N3CCNC3=O)c2)N1C.O=CO. The van der Waals surface area contributed by atoms with Crippen molar-refractivity contribution in [1.29, 1.82) is 0 Å². The van der Waals surface area contributed by atoms with E-state index in [1.165, 1.54) is 7.11 Å². The number of urea groups is 1. The number of nitrogens with one attached hydrogen (secondary N) is 2. The number of hydrogen-bond acceptors (Lipinski definition) is 6. The van der Waals surface area contributed by atoms with E-state index in [0.717, 1.165) is 24.1 Å². The largest absolute Gasteiger partial charge is 0.483 e. The first-order chi connectivity index (χ1) is 14.8. The van der Waals surface area contributed by atoms with Crippen molar-refractivity contribution < 1.29 is 29.0 Å². The van der Waals surface area contributed by atoms with Crippen molar-refractivity contribution in [2.75, 3.05) is 38.7 Å². The maximum absolute atomic E-state index is 12.7. The zero-order valence-electron chi connectivity index (χ0n) is 18.1. The monoisotopic (exact) mass is 434 g/mol. The van der Waals surface area contributed by atoms with Crippen LogP contribution in [0.3, 0.4) is 0 Å². The van der Waals surface area contributed by atoms with Crippen molar-refractivity contribution in [1.82, 2.24) is 15.5 Å². The van der Waals surface area contributed by atoms with E-state index in [9.17, 15) is 14.4 Å². The highest BCUT2D eigenvalue weighted by molar-refractivity contribution is 5.99. The van der Waals surface area contributed by atoms with Gasteiger partial charge in [0.1, 0.15) is 0 Å². The number of methoxy groups -OCH3 is 1. The molecule has 2 fully saturated rings. The molecule has 0 unspecified atom stereocenters. The third-order valence-corrected chi connectivity index (χ3v) is 5.73. The Balaban J connectivity index is 0.00000107. The van der Waals surface area contributed by atoms with Gasteiger partial charge in [0.2, 0.25) is 0 Å². The summed E-state index contributed by atoms with van der Waals surface area (Å²) in [6.07, 6.45) is 2.20. The Bertz CT molecular complexity index is 815. The van der Waals surface area contributed by atoms with Crippen LogP contribution in [0.4, 0.5) is 10.5 Å². The molecule has 31 heavy (non-hydrogen) atoms. The van der Waals surface area contributed by atoms with Gasteiger partial charge in [-0.3, -0.25) is 24.2 Å². The zero-order chi connectivity index (χ0) is 23.0. The second-order valence-corrected chi connectivity index (χ2v) is 7.53. The second kappa shape index (κ2) is 11.3. The lowest BCUT2D eigenvalue weighted by Crippen LogP contribution is -2.41. The molecule has 0 aromatic heterocycles. The Morgan fingerprint density at radius 3 is 2.61 bits per heavy atom. The smallest absolute Gasteiger partial charge is 0.322 e. The molecule has 2 atom stereocenters. The summed E-state index contributed by atoms with van der Waals surface area (Å²) in [6.45, 7) is 3.40. The Kier molecular flexibility index (Phi) is 8.80. The number of ether oxygens (including phenoxy) is 1. The fourth-order valence-electron chi connectivity index (χ4n) is 3.91. The molecule has 2 heterocycles. The van der Waals surface area contributed by atoms with Crippen LogP contribution in [0.5, 0.6) is 0 Å². The average molecular weight is 434 g/mol. The molecule has 10 nitrogen and oxygen atoms in total. The predicted molar refractivity (Wildman–Crippen MR) is 114 cm³/mol. The Hall–Kier alpha value is -3.14. The number of likely N-dealkylation sites (tertiary alicyclic amines) is 1. The molecule has 3 amide bonds. The number of anilines is 1. The highest BCUT2D eigenvalue weighted by Crippen LogP contribution is 2.25. The number of benzene rings is 1. The fraction of sp³-hybridized carbons (Fsp3) is 0.524. The Labute approximate surface area is 181 Å². The van der Waals surface area contributed by atoms with Crippen LogP contribution in [-0.4, -0.2) is 80.3 Å². The minimum atomic E-state index is -0.250. The molecule has 2 aliphatic heterocycles. The van der Waals surface area contributed by atoms with E-state index in [0.29, 0.717) is 31.6 Å². The quantitative estimate of drug-likeness (QED) is 0.450. The van der Waals surface area contributed by atoms with Crippen LogP contribution in [-0.2, 0) is 14.3 Å². The molecule has 0 bridgehead atoms. The fourth-order valence-corrected chi connectivity index (χ4v) is 3.91. The number of carboxylic acid groups (broad SMARTS) is 1. The van der Waals surface area contributed by atoms with Crippen LogP contribution in [0.1, 0.15) is 35.2 Å². The number of carbonyl (C=O) groups is 4. The molecule has 1 aromatic rings. The average Bonchev–Trinajstić information content (AvgIpc) is 3.32. The van der Waals surface area contributed by atoms with Crippen LogP contribution in [0.25, 0.3) is 0 Å². The number of aryl methyl sites for hydroxylation is 1. The molecular weight excluding hydrogens is 404 g/mol. The molecule has 0 aliphatic carbocycles. The highest BCUT2D eigenvalue weighted by atomic mass is 16.5. The first-order valence-corrected chi connectivity index (χ1v) is 10.1. The van der Waals surface area contributed by atoms with Crippen LogP contribution in [0, 0.1) is 6.92 Å². The topological polar surface area (TPSA) is 128 Å². The number of nitrogens with zero attached hydrogens (tertiary/aromatic N) is 2. The Morgan fingerprint density at radius 2 is 2.00 bits per heavy atom. The molecule has 170 valence electrons. The lowest BCUT2D eigenvalue weighted by atomic mass is 10.1. The normalized spacial score (nSPS) is 20.5. The first kappa shape index (κ1) is 24.1. The second-order valence-electron chi connectivity index (χ2n) is 7.53. The number of hydrogen-bond donors (Lipinski definition) is 3. The number of likely N-dealkylation sites (N-methyl/N-ethyl adjacent to an activating group) is 1. The molecule has 3 rings (SSSR count). The van der Waals surface area contributed by atoms with Gasteiger partial charge in [-0.2, -0.15) is 0 Å². The van der Waals surface area contributed by atoms with Crippen LogP contribution in [0.15, 0.2) is 18.2 Å². The van der Waals surface area contributed by atoms with Crippen LogP contribution in [0.2, 0.25) is 0 Å². The summed E-state index contributed by atoms with van der Waals surface area (Å²) in [5, 5.41) is 12.7. The molecule has 1 aromatic carbocycles. The lowest BCUT2D eigenvalue weighted by Gasteiger charge is -2.25. The summed E-state index contributed by atoms with van der Waals surface area (Å²) in [6, 6.07) is 5.62. The van der Waals surface area contributed by atoms with Crippen molar-refractivity contribution in [3.63, 3.8) is 0 Å². The van der Waals surface area contributed by atoms with Gasteiger partial charge in [-0.05, 0) is 44.5 Å². The molecule has 2 aliphatic rings. The maximum atomic E-state index is 12.7. The van der Waals surface area contributed by atoms with Gasteiger partial charge in [-0.15, -0.1) is 0 Å². The summed E-state index contributed by atoms with van der Waals surface area (Å²) in [5.74, 6) is -0.370. The Morgan fingerprint density at radius 1 is 1.32 bits per heavy atom. The molecule has 10 heteroatoms. The van der Waals surface area contributed by atoms with Crippen LogP contribution >= 0.6 is 0 Å². The minimum Gasteiger partial charge on any atom is -0.483 e. The number of amides is 3. The summed E-state index contributed by atoms with van der Waals surface area (Å²) < 4.78 is 4.75. The van der Waals surface area contributed by atoms with E-state index in [1.807, 2.05) is 20.0 Å². The molecule has 0 radical (unpaired) electrons. The van der Waals surface area contributed by atoms with Gasteiger partial charge in [0, 0.05) is 43.0 Å². The number of esters is 1. The van der Waals surface area contributed by atoms with E-state index in [4.69, 9.17) is 14.6 Å². The van der Waals surface area contributed by atoms with E-state index >= 15 is 0 Å². The summed E-state index contributed by atoms with van der Waals surface area (Å²) in [4.78, 5) is 48.3. The van der Waals surface area contributed by atoms with E-state index in [1.54, 1.807) is 17.0 Å². The standard InChI is InChI=1S/C20H28N4O4.CH2O2/c1-13-4-5-14(10-17(13)24-9-8-21-20(24)27)19(26)22-12-16-7-6-15(23(16)2)11-18(25)28-3;2-1-3/h4-5,10,15-16H,6-9,11-12H2,1-3H3,(H,21,27)(H,22,26);1H,(H,2,3)/t15-,16+;/m1./s1. The van der Waals surface area contributed by atoms with Gasteiger partial charge in [0.25, 0.3) is 12.4 Å². The molecule has 3 N–H and O–H groups in total. The molecule has 0 spiro atoms. The molecular formula is C21H30N4O6. The summed E-state index contributed by atoms with van der Waals surface area (Å²) in [7, 11) is 3.38. The third-order valence-electron chi connectivity index (χ3n) is 5.73. The van der Waals surface area contributed by atoms with Gasteiger partial charge in [0.15, 0.2) is 0 Å². The van der Waals surface area contributed by atoms with E-state index in [2.05, 4.69) is 15.5 Å². The zero-order valence-corrected chi connectivity index (χ0v) is 18.1. The lowest BCUT2D eigenvalue weighted by molar-refractivity contribution is -0.141. The number of rotatable bonds is 6. The predicted octanol–water partition coefficient (Wildman–Crippen LogP) is 0.981. The van der Waals surface area contributed by atoms with Crippen molar-refractivity contribution in [2.45, 2.75) is 38.3 Å². The van der Waals surface area contributed by atoms with Gasteiger partial charge in [0.05, 0.1) is 13.5 Å². The summed E-state index contributed by atoms with van der Waals surface area (Å²) in [5.41, 5.74) is 2.25. The van der Waals surface area contributed by atoms with Crippen molar-refractivity contribution in [2.24, 2.45) is 0 Å². The van der Waals surface area contributed by atoms with Gasteiger partial charge >= 0.3 is 12.0 Å². The van der Waals surface area contributed by atoms with Crippen LogP contribution < -0.4 is 15.5 Å². The molecule has 2 saturated heterocycles. The summed E-state index contributed by atoms with van der Waals surface area (Å²) >= 11 is 0. The van der Waals surface area contributed by atoms with Crippen molar-refractivity contribution in [3.8, 4) is 0 Å². The first-order valence-electron chi connectivity index (χ1n) is 10.1. The van der Waals surface area contributed by atoms with Crippen molar-refractivity contribution >= 4 is 30.1 Å². The van der Waals surface area contributed by atoms with Gasteiger partial charge < -0.3 is 20.5 Å². The minimum absolute atomic E-state index is 0.134. The highest BCUT2D eigenvalue weighted by Gasteiger charge is 2.32. The number of carbonyl (C=O) groups excluding carboxylic acids is 3. The van der Waals surface area contributed by atoms with Gasteiger partial charge in [-0.25, -0.2) is 4.79 Å². The van der Waals surface area contributed by atoms with Gasteiger partial charge in [-0.1, -0.05) is 6.07 Å². The third kappa shape index (κ3) is 6.17. The van der Waals surface area contributed by atoms with Crippen molar-refractivity contribution in [3.05, 3.63) is 29.3 Å². The van der Waals surface area contributed by atoms with E-state index in [-0.39, 0.29) is 36.5 Å². The molecule has 0 saturated carbocycles. The van der Waals surface area contributed by atoms with E-state index < -0.39 is 0 Å². The maximum Gasteiger partial charge on any atom is 0.322 e.